The standard InChI is InChI=1S/C23H27FN6O3S/c1-3-8-25-21(32)15-6-9-29(10-7-15)23-28-20-19(34-23)22(33)30(13-26-20)12-18(31)27-17-5-4-14(2)11-16(17)24/h4-5,11,13,15H,3,6-10,12H2,1-2H3,(H,25,32)(H,27,31). The van der Waals surface area contributed by atoms with Crippen molar-refractivity contribution in [1.29, 1.82) is 0 Å². The molecule has 0 spiro atoms. The molecule has 0 saturated carbocycles. The number of aromatic nitrogens is 3. The minimum Gasteiger partial charge on any atom is -0.356 e. The number of nitrogens with zero attached hydrogens (tertiary/aromatic N) is 4. The van der Waals surface area contributed by atoms with Crippen LogP contribution < -0.4 is 21.1 Å². The van der Waals surface area contributed by atoms with Gasteiger partial charge in [-0.25, -0.2) is 9.37 Å². The van der Waals surface area contributed by atoms with E-state index in [2.05, 4.69) is 25.5 Å². The lowest BCUT2D eigenvalue weighted by atomic mass is 9.96. The molecule has 0 unspecified atom stereocenters. The lowest BCUT2D eigenvalue weighted by Gasteiger charge is -2.30. The quantitative estimate of drug-likeness (QED) is 0.532. The minimum atomic E-state index is -0.534. The van der Waals surface area contributed by atoms with Crippen molar-refractivity contribution in [3.63, 3.8) is 0 Å². The SMILES string of the molecule is CCCNC(=O)C1CCN(c2nc3ncn(CC(=O)Nc4ccc(C)cc4F)c(=O)c3s2)CC1. The van der Waals surface area contributed by atoms with Crippen LogP contribution in [-0.4, -0.2) is 46.0 Å². The van der Waals surface area contributed by atoms with Gasteiger partial charge in [0.1, 0.15) is 23.4 Å². The number of carbonyl (C=O) groups is 2. The Morgan fingerprint density at radius 1 is 1.26 bits per heavy atom. The van der Waals surface area contributed by atoms with E-state index in [9.17, 15) is 18.8 Å². The highest BCUT2D eigenvalue weighted by atomic mass is 32.1. The zero-order chi connectivity index (χ0) is 24.2. The first kappa shape index (κ1) is 23.8. The van der Waals surface area contributed by atoms with E-state index in [1.54, 1.807) is 13.0 Å². The highest BCUT2D eigenvalue weighted by molar-refractivity contribution is 7.22. The molecule has 4 rings (SSSR count). The van der Waals surface area contributed by atoms with Gasteiger partial charge in [-0.2, -0.15) is 4.98 Å². The molecule has 0 bridgehead atoms. The van der Waals surface area contributed by atoms with Gasteiger partial charge in [-0.3, -0.25) is 19.0 Å². The van der Waals surface area contributed by atoms with Crippen LogP contribution in [0.15, 0.2) is 29.3 Å². The Morgan fingerprint density at radius 2 is 2.03 bits per heavy atom. The molecule has 2 N–H and O–H groups in total. The second-order valence-corrected chi connectivity index (χ2v) is 9.39. The molecular weight excluding hydrogens is 459 g/mol. The van der Waals surface area contributed by atoms with Crippen molar-refractivity contribution in [1.82, 2.24) is 19.9 Å². The van der Waals surface area contributed by atoms with E-state index in [0.29, 0.717) is 35.1 Å². The Morgan fingerprint density at radius 3 is 2.74 bits per heavy atom. The largest absolute Gasteiger partial charge is 0.356 e. The molecule has 1 saturated heterocycles. The zero-order valence-electron chi connectivity index (χ0n) is 19.1. The number of piperidine rings is 1. The highest BCUT2D eigenvalue weighted by Crippen LogP contribution is 2.29. The average molecular weight is 487 g/mol. The molecule has 2 amide bonds. The summed E-state index contributed by atoms with van der Waals surface area (Å²) in [5.41, 5.74) is 0.757. The van der Waals surface area contributed by atoms with Gasteiger partial charge in [0.25, 0.3) is 5.56 Å². The second kappa shape index (κ2) is 10.3. The van der Waals surface area contributed by atoms with E-state index in [1.165, 1.54) is 34.4 Å². The number of benzene rings is 1. The number of amides is 2. The summed E-state index contributed by atoms with van der Waals surface area (Å²) in [6.45, 7) is 5.51. The fourth-order valence-corrected chi connectivity index (χ4v) is 4.90. The number of hydrogen-bond acceptors (Lipinski definition) is 7. The lowest BCUT2D eigenvalue weighted by Crippen LogP contribution is -2.40. The number of rotatable bonds is 7. The fourth-order valence-electron chi connectivity index (χ4n) is 3.87. The van der Waals surface area contributed by atoms with Crippen molar-refractivity contribution in [2.45, 2.75) is 39.7 Å². The Labute approximate surface area is 200 Å². The van der Waals surface area contributed by atoms with Crippen molar-refractivity contribution in [3.8, 4) is 0 Å². The maximum absolute atomic E-state index is 14.0. The summed E-state index contributed by atoms with van der Waals surface area (Å²) in [7, 11) is 0. The monoisotopic (exact) mass is 486 g/mol. The number of anilines is 2. The number of carbonyl (C=O) groups excluding carboxylic acids is 2. The number of nitrogens with one attached hydrogen (secondary N) is 2. The van der Waals surface area contributed by atoms with E-state index in [4.69, 9.17) is 0 Å². The van der Waals surface area contributed by atoms with Crippen LogP contribution in [0.1, 0.15) is 31.7 Å². The molecule has 11 heteroatoms. The average Bonchev–Trinajstić information content (AvgIpc) is 3.26. The molecule has 3 heterocycles. The number of fused-ring (bicyclic) bond motifs is 1. The Kier molecular flexibility index (Phi) is 7.20. The lowest BCUT2D eigenvalue weighted by molar-refractivity contribution is -0.125. The third kappa shape index (κ3) is 5.24. The van der Waals surface area contributed by atoms with Crippen LogP contribution in [0.3, 0.4) is 0 Å². The van der Waals surface area contributed by atoms with Crippen LogP contribution >= 0.6 is 11.3 Å². The number of hydrogen-bond donors (Lipinski definition) is 2. The van der Waals surface area contributed by atoms with E-state index in [1.807, 2.05) is 6.92 Å². The number of thiazole rings is 1. The first-order valence-electron chi connectivity index (χ1n) is 11.3. The predicted molar refractivity (Wildman–Crippen MR) is 130 cm³/mol. The van der Waals surface area contributed by atoms with Crippen LogP contribution in [-0.2, 0) is 16.1 Å². The topological polar surface area (TPSA) is 109 Å². The van der Waals surface area contributed by atoms with Gasteiger partial charge in [0.15, 0.2) is 10.8 Å². The van der Waals surface area contributed by atoms with Gasteiger partial charge in [0.2, 0.25) is 11.8 Å². The molecule has 0 aliphatic carbocycles. The van der Waals surface area contributed by atoms with Crippen LogP contribution in [0, 0.1) is 18.7 Å². The minimum absolute atomic E-state index is 0.00981. The Bertz CT molecular complexity index is 1270. The summed E-state index contributed by atoms with van der Waals surface area (Å²) in [6, 6.07) is 4.51. The molecule has 1 aromatic carbocycles. The van der Waals surface area contributed by atoms with E-state index in [-0.39, 0.29) is 29.6 Å². The maximum atomic E-state index is 14.0. The van der Waals surface area contributed by atoms with Crippen molar-refractivity contribution >= 4 is 44.3 Å². The van der Waals surface area contributed by atoms with Crippen molar-refractivity contribution < 1.29 is 14.0 Å². The second-order valence-electron chi connectivity index (χ2n) is 8.41. The third-order valence-electron chi connectivity index (χ3n) is 5.77. The van der Waals surface area contributed by atoms with Gasteiger partial charge >= 0.3 is 0 Å². The van der Waals surface area contributed by atoms with Gasteiger partial charge in [-0.05, 0) is 43.9 Å². The first-order chi connectivity index (χ1) is 16.4. The first-order valence-corrected chi connectivity index (χ1v) is 12.1. The molecule has 1 aliphatic heterocycles. The van der Waals surface area contributed by atoms with Crippen LogP contribution in [0.5, 0.6) is 0 Å². The van der Waals surface area contributed by atoms with Gasteiger partial charge in [-0.1, -0.05) is 24.3 Å². The third-order valence-corrected chi connectivity index (χ3v) is 6.86. The van der Waals surface area contributed by atoms with E-state index in [0.717, 1.165) is 24.8 Å². The van der Waals surface area contributed by atoms with E-state index < -0.39 is 11.7 Å². The summed E-state index contributed by atoms with van der Waals surface area (Å²) in [5.74, 6) is -0.976. The van der Waals surface area contributed by atoms with Crippen molar-refractivity contribution in [2.75, 3.05) is 29.9 Å². The van der Waals surface area contributed by atoms with Gasteiger partial charge < -0.3 is 15.5 Å². The molecule has 2 aromatic heterocycles. The zero-order valence-corrected chi connectivity index (χ0v) is 20.0. The fraction of sp³-hybridized carbons (Fsp3) is 0.435. The molecular formula is C23H27FN6O3S. The molecule has 9 nitrogen and oxygen atoms in total. The van der Waals surface area contributed by atoms with Crippen molar-refractivity contribution in [2.24, 2.45) is 5.92 Å². The normalized spacial score (nSPS) is 14.4. The van der Waals surface area contributed by atoms with Gasteiger partial charge in [0.05, 0.1) is 5.69 Å². The van der Waals surface area contributed by atoms with Crippen LogP contribution in [0.4, 0.5) is 15.2 Å². The summed E-state index contributed by atoms with van der Waals surface area (Å²) in [4.78, 5) is 48.3. The maximum Gasteiger partial charge on any atom is 0.273 e. The summed E-state index contributed by atoms with van der Waals surface area (Å²) in [6.07, 6.45) is 3.63. The molecule has 1 aliphatic rings. The molecule has 34 heavy (non-hydrogen) atoms. The van der Waals surface area contributed by atoms with Crippen molar-refractivity contribution in [3.05, 3.63) is 46.3 Å². The Balaban J connectivity index is 1.43. The molecule has 180 valence electrons. The highest BCUT2D eigenvalue weighted by Gasteiger charge is 2.27. The van der Waals surface area contributed by atoms with Crippen LogP contribution in [0.25, 0.3) is 10.3 Å². The predicted octanol–water partition coefficient (Wildman–Crippen LogP) is 2.68. The van der Waals surface area contributed by atoms with Crippen LogP contribution in [0.2, 0.25) is 0 Å². The molecule has 0 radical (unpaired) electrons. The number of aryl methyl sites for hydroxylation is 1. The summed E-state index contributed by atoms with van der Waals surface area (Å²) < 4.78 is 15.6. The Hall–Kier alpha value is -3.34. The smallest absolute Gasteiger partial charge is 0.273 e. The summed E-state index contributed by atoms with van der Waals surface area (Å²) in [5, 5.41) is 6.12. The van der Waals surface area contributed by atoms with Gasteiger partial charge in [0, 0.05) is 25.6 Å². The molecule has 3 aromatic rings. The van der Waals surface area contributed by atoms with E-state index >= 15 is 0 Å². The molecule has 1 fully saturated rings. The summed E-state index contributed by atoms with van der Waals surface area (Å²) >= 11 is 1.23. The molecule has 0 atom stereocenters. The van der Waals surface area contributed by atoms with Gasteiger partial charge in [-0.15, -0.1) is 0 Å². The number of halogens is 1.